The van der Waals surface area contributed by atoms with Crippen LogP contribution in [0.15, 0.2) is 5.31 Å². The van der Waals surface area contributed by atoms with Crippen LogP contribution in [0.1, 0.15) is 19.8 Å². The molecule has 2 heteroatoms. The summed E-state index contributed by atoms with van der Waals surface area (Å²) in [5.74, 6) is 0. The summed E-state index contributed by atoms with van der Waals surface area (Å²) in [4.78, 5) is 0. The van der Waals surface area contributed by atoms with Crippen molar-refractivity contribution in [3.63, 3.8) is 0 Å². The number of nitrogens with one attached hydrogen (secondary N) is 1. The zero-order chi connectivity index (χ0) is 8.48. The molecule has 1 N–H and O–H groups in total. The number of hydrogen-bond acceptors (Lipinski definition) is 1. The lowest BCUT2D eigenvalue weighted by Gasteiger charge is -2.34. The van der Waals surface area contributed by atoms with Crippen LogP contribution in [0.3, 0.4) is 0 Å². The summed E-state index contributed by atoms with van der Waals surface area (Å²) >= 11 is 0. The van der Waals surface area contributed by atoms with Gasteiger partial charge in [0.25, 0.3) is 0 Å². The van der Waals surface area contributed by atoms with Crippen LogP contribution in [0.5, 0.6) is 0 Å². The zero-order valence-corrected chi connectivity index (χ0v) is 8.83. The molecule has 1 aliphatic heterocycles. The van der Waals surface area contributed by atoms with Crippen molar-refractivity contribution in [2.45, 2.75) is 25.8 Å². The van der Waals surface area contributed by atoms with Crippen molar-refractivity contribution >= 4 is 7.26 Å². The van der Waals surface area contributed by atoms with Gasteiger partial charge in [-0.2, -0.15) is 0 Å². The molecule has 1 nitrogen and oxygen atoms in total. The minimum Gasteiger partial charge on any atom is -0.562 e. The van der Waals surface area contributed by atoms with E-state index in [2.05, 4.69) is 38.4 Å². The molecule has 0 amide bonds. The van der Waals surface area contributed by atoms with Gasteiger partial charge in [0.05, 0.1) is 0 Å². The Bertz CT molecular complexity index is 167. The van der Waals surface area contributed by atoms with Crippen molar-refractivity contribution in [2.75, 3.05) is 20.0 Å². The van der Waals surface area contributed by atoms with Crippen LogP contribution in [0, 0.1) is 6.20 Å². The van der Waals surface area contributed by atoms with Gasteiger partial charge < -0.3 is 11.5 Å². The molecule has 64 valence electrons. The Balaban J connectivity index is 2.62. The quantitative estimate of drug-likeness (QED) is 0.471. The monoisotopic (exact) mass is 171 g/mol. The highest BCUT2D eigenvalue weighted by atomic mass is 31.2. The summed E-state index contributed by atoms with van der Waals surface area (Å²) < 4.78 is 0. The molecule has 0 bridgehead atoms. The third-order valence-corrected chi connectivity index (χ3v) is 4.04. The SMILES string of the molecule is CC1CCC([P+](C)(C)C)=[C-]N1. The predicted molar refractivity (Wildman–Crippen MR) is 53.3 cm³/mol. The normalized spacial score (nSPS) is 25.8. The van der Waals surface area contributed by atoms with Crippen LogP contribution in [-0.4, -0.2) is 26.0 Å². The van der Waals surface area contributed by atoms with Gasteiger partial charge in [-0.05, 0) is 33.1 Å². The summed E-state index contributed by atoms with van der Waals surface area (Å²) in [6.07, 6.45) is 5.86. The third kappa shape index (κ3) is 2.48. The highest BCUT2D eigenvalue weighted by Crippen LogP contribution is 2.57. The summed E-state index contributed by atoms with van der Waals surface area (Å²) in [6, 6.07) is 0.630. The molecule has 1 unspecified atom stereocenters. The second-order valence-electron chi connectivity index (χ2n) is 4.17. The van der Waals surface area contributed by atoms with Crippen molar-refractivity contribution in [3.8, 4) is 0 Å². The maximum atomic E-state index is 3.32. The minimum absolute atomic E-state index is 0.630. The van der Waals surface area contributed by atoms with Gasteiger partial charge in [0, 0.05) is 20.0 Å². The fraction of sp³-hybridized carbons (Fsp3) is 0.778. The second kappa shape index (κ2) is 3.15. The molecule has 0 spiro atoms. The minimum atomic E-state index is -0.775. The lowest BCUT2D eigenvalue weighted by molar-refractivity contribution is 0.552. The van der Waals surface area contributed by atoms with Gasteiger partial charge in [-0.15, -0.1) is 0 Å². The molecule has 11 heavy (non-hydrogen) atoms. The van der Waals surface area contributed by atoms with Crippen LogP contribution in [0.2, 0.25) is 0 Å². The Kier molecular flexibility index (Phi) is 2.59. The fourth-order valence-electron chi connectivity index (χ4n) is 1.20. The first-order valence-electron chi connectivity index (χ1n) is 4.19. The number of rotatable bonds is 1. The van der Waals surface area contributed by atoms with Crippen LogP contribution in [0.4, 0.5) is 0 Å². The average molecular weight is 171 g/mol. The van der Waals surface area contributed by atoms with Gasteiger partial charge in [0.1, 0.15) is 0 Å². The molecule has 0 aliphatic carbocycles. The van der Waals surface area contributed by atoms with Gasteiger partial charge in [-0.1, -0.05) is 5.31 Å². The van der Waals surface area contributed by atoms with E-state index in [1.807, 2.05) is 0 Å². The van der Waals surface area contributed by atoms with Crippen LogP contribution < -0.4 is 5.32 Å². The molecule has 0 fully saturated rings. The molecular formula is C9H18NP. The Labute approximate surface area is 70.6 Å². The van der Waals surface area contributed by atoms with Gasteiger partial charge in [0.2, 0.25) is 0 Å². The molecule has 0 aromatic carbocycles. The fourth-order valence-corrected chi connectivity index (χ4v) is 2.40. The van der Waals surface area contributed by atoms with E-state index in [1.54, 1.807) is 0 Å². The Morgan fingerprint density at radius 2 is 2.09 bits per heavy atom. The van der Waals surface area contributed by atoms with Gasteiger partial charge in [-0.3, -0.25) is 0 Å². The van der Waals surface area contributed by atoms with E-state index in [0.29, 0.717) is 6.04 Å². The van der Waals surface area contributed by atoms with Crippen LogP contribution in [-0.2, 0) is 0 Å². The molecule has 1 atom stereocenters. The standard InChI is InChI=1S/C9H18NP/c1-8-5-6-9(7-10-8)11(2,3)4/h8,10H,5-6H2,1-4H3. The Morgan fingerprint density at radius 3 is 2.45 bits per heavy atom. The van der Waals surface area contributed by atoms with E-state index < -0.39 is 7.26 Å². The van der Waals surface area contributed by atoms with E-state index >= 15 is 0 Å². The van der Waals surface area contributed by atoms with Gasteiger partial charge in [0.15, 0.2) is 0 Å². The molecular weight excluding hydrogens is 153 g/mol. The van der Waals surface area contributed by atoms with Crippen molar-refractivity contribution in [3.05, 3.63) is 11.5 Å². The predicted octanol–water partition coefficient (Wildman–Crippen LogP) is 2.31. The molecule has 0 saturated carbocycles. The maximum absolute atomic E-state index is 3.32. The number of allylic oxidation sites excluding steroid dienone is 1. The van der Waals surface area contributed by atoms with E-state index in [4.69, 9.17) is 0 Å². The summed E-state index contributed by atoms with van der Waals surface area (Å²) in [6.45, 7) is 9.28. The number of hydrogen-bond donors (Lipinski definition) is 1. The zero-order valence-electron chi connectivity index (χ0n) is 7.94. The third-order valence-electron chi connectivity index (χ3n) is 2.09. The molecule has 0 aromatic rings. The molecule has 1 heterocycles. The van der Waals surface area contributed by atoms with Crippen molar-refractivity contribution in [1.82, 2.24) is 5.32 Å². The topological polar surface area (TPSA) is 12.0 Å². The molecule has 1 rings (SSSR count). The molecule has 0 radical (unpaired) electrons. The Morgan fingerprint density at radius 1 is 1.45 bits per heavy atom. The van der Waals surface area contributed by atoms with Crippen molar-refractivity contribution in [1.29, 1.82) is 0 Å². The summed E-state index contributed by atoms with van der Waals surface area (Å²) in [5.41, 5.74) is 0. The first-order valence-corrected chi connectivity index (χ1v) is 7.32. The smallest absolute Gasteiger partial charge is 0.0500 e. The van der Waals surface area contributed by atoms with Gasteiger partial charge in [-0.25, -0.2) is 0 Å². The Hall–Kier alpha value is -0.0300. The summed E-state index contributed by atoms with van der Waals surface area (Å²) in [7, 11) is -0.775. The van der Waals surface area contributed by atoms with E-state index in [9.17, 15) is 0 Å². The van der Waals surface area contributed by atoms with Crippen molar-refractivity contribution in [2.24, 2.45) is 0 Å². The summed E-state index contributed by atoms with van der Waals surface area (Å²) in [5, 5.41) is 4.82. The highest BCUT2D eigenvalue weighted by Gasteiger charge is 2.19. The van der Waals surface area contributed by atoms with E-state index in [0.717, 1.165) is 0 Å². The van der Waals surface area contributed by atoms with E-state index in [1.165, 1.54) is 18.2 Å². The average Bonchev–Trinajstić information content (AvgIpc) is 1.86. The van der Waals surface area contributed by atoms with Crippen LogP contribution in [0.25, 0.3) is 0 Å². The van der Waals surface area contributed by atoms with Crippen LogP contribution >= 0.6 is 7.26 Å². The van der Waals surface area contributed by atoms with Crippen molar-refractivity contribution < 1.29 is 0 Å². The largest absolute Gasteiger partial charge is 0.562 e. The lowest BCUT2D eigenvalue weighted by atomic mass is 10.1. The second-order valence-corrected chi connectivity index (χ2v) is 8.73. The lowest BCUT2D eigenvalue weighted by Crippen LogP contribution is -2.25. The van der Waals surface area contributed by atoms with E-state index in [-0.39, 0.29) is 0 Å². The first kappa shape index (κ1) is 9.06. The highest BCUT2D eigenvalue weighted by molar-refractivity contribution is 7.77. The maximum Gasteiger partial charge on any atom is 0.0500 e. The molecule has 0 saturated heterocycles. The first-order chi connectivity index (χ1) is 5.00. The molecule has 1 aliphatic rings. The molecule has 0 aromatic heterocycles. The van der Waals surface area contributed by atoms with Gasteiger partial charge >= 0.3 is 0 Å².